The van der Waals surface area contributed by atoms with Gasteiger partial charge in [-0.3, -0.25) is 5.41 Å². The van der Waals surface area contributed by atoms with Gasteiger partial charge in [0.1, 0.15) is 0 Å². The molecule has 14 heavy (non-hydrogen) atoms. The van der Waals surface area contributed by atoms with Gasteiger partial charge in [-0.2, -0.15) is 11.3 Å². The zero-order chi connectivity index (χ0) is 9.97. The zero-order valence-electron chi connectivity index (χ0n) is 7.47. The van der Waals surface area contributed by atoms with E-state index in [0.29, 0.717) is 5.82 Å². The molecule has 0 aliphatic heterocycles. The Balaban J connectivity index is 2.25. The third kappa shape index (κ3) is 1.67. The van der Waals surface area contributed by atoms with Crippen molar-refractivity contribution in [1.29, 1.82) is 5.41 Å². The summed E-state index contributed by atoms with van der Waals surface area (Å²) in [7, 11) is 0. The number of hydrogen-bond acceptors (Lipinski definition) is 3. The molecule has 0 aliphatic rings. The topological polar surface area (TPSA) is 67.7 Å². The van der Waals surface area contributed by atoms with Crippen molar-refractivity contribution in [3.05, 3.63) is 40.6 Å². The highest BCUT2D eigenvalue weighted by molar-refractivity contribution is 7.07. The van der Waals surface area contributed by atoms with Crippen LogP contribution < -0.4 is 5.73 Å². The summed E-state index contributed by atoms with van der Waals surface area (Å²) < 4.78 is 1.87. The van der Waals surface area contributed by atoms with Crippen molar-refractivity contribution in [3.63, 3.8) is 0 Å². The summed E-state index contributed by atoms with van der Waals surface area (Å²) in [6.45, 7) is 0.721. The molecule has 0 saturated heterocycles. The molecule has 2 aromatic rings. The standard InChI is InChI=1S/C9H10N4S/c10-8(11)9-12-2-3-13(9)5-7-1-4-14-6-7/h1-4,6H,5H2,(H3,10,11). The van der Waals surface area contributed by atoms with Crippen LogP contribution in [0.3, 0.4) is 0 Å². The molecule has 0 radical (unpaired) electrons. The molecule has 0 saturated carbocycles. The van der Waals surface area contributed by atoms with E-state index in [4.69, 9.17) is 11.1 Å². The average Bonchev–Trinajstić information content (AvgIpc) is 2.75. The van der Waals surface area contributed by atoms with E-state index in [1.54, 1.807) is 17.5 Å². The van der Waals surface area contributed by atoms with Crippen LogP contribution in [0.4, 0.5) is 0 Å². The van der Waals surface area contributed by atoms with Crippen LogP contribution in [-0.2, 0) is 6.54 Å². The molecular formula is C9H10N4S. The molecule has 3 N–H and O–H groups in total. The van der Waals surface area contributed by atoms with Gasteiger partial charge >= 0.3 is 0 Å². The first-order valence-corrected chi connectivity index (χ1v) is 5.08. The quantitative estimate of drug-likeness (QED) is 0.586. The van der Waals surface area contributed by atoms with Crippen LogP contribution in [0.1, 0.15) is 11.4 Å². The number of amidine groups is 1. The molecule has 0 unspecified atom stereocenters. The first kappa shape index (κ1) is 8.96. The maximum Gasteiger partial charge on any atom is 0.175 e. The van der Waals surface area contributed by atoms with Gasteiger partial charge in [-0.25, -0.2) is 4.98 Å². The highest BCUT2D eigenvalue weighted by Crippen LogP contribution is 2.09. The normalized spacial score (nSPS) is 10.3. The number of nitrogen functional groups attached to an aromatic ring is 1. The van der Waals surface area contributed by atoms with Crippen molar-refractivity contribution < 1.29 is 0 Å². The minimum atomic E-state index is 0.00484. The number of nitrogens with one attached hydrogen (secondary N) is 1. The van der Waals surface area contributed by atoms with E-state index in [1.807, 2.05) is 16.1 Å². The molecule has 5 heteroatoms. The number of aromatic nitrogens is 2. The monoisotopic (exact) mass is 206 g/mol. The molecule has 2 aromatic heterocycles. The Bertz CT molecular complexity index is 429. The lowest BCUT2D eigenvalue weighted by atomic mass is 10.3. The van der Waals surface area contributed by atoms with Crippen molar-refractivity contribution in [2.75, 3.05) is 0 Å². The molecule has 0 aliphatic carbocycles. The van der Waals surface area contributed by atoms with Crippen LogP contribution in [0.15, 0.2) is 29.2 Å². The smallest absolute Gasteiger partial charge is 0.175 e. The summed E-state index contributed by atoms with van der Waals surface area (Å²) in [4.78, 5) is 4.01. The van der Waals surface area contributed by atoms with Crippen LogP contribution in [0.2, 0.25) is 0 Å². The first-order chi connectivity index (χ1) is 6.77. The van der Waals surface area contributed by atoms with Crippen LogP contribution in [0.25, 0.3) is 0 Å². The Morgan fingerprint density at radius 1 is 1.64 bits per heavy atom. The van der Waals surface area contributed by atoms with Crippen LogP contribution in [0.5, 0.6) is 0 Å². The second-order valence-electron chi connectivity index (χ2n) is 2.92. The van der Waals surface area contributed by atoms with Gasteiger partial charge in [0.25, 0.3) is 0 Å². The van der Waals surface area contributed by atoms with Crippen molar-refractivity contribution in [1.82, 2.24) is 9.55 Å². The van der Waals surface area contributed by atoms with Crippen LogP contribution >= 0.6 is 11.3 Å². The fourth-order valence-electron chi connectivity index (χ4n) is 1.26. The Hall–Kier alpha value is -1.62. The van der Waals surface area contributed by atoms with Gasteiger partial charge in [0.15, 0.2) is 11.7 Å². The van der Waals surface area contributed by atoms with Gasteiger partial charge in [0, 0.05) is 18.9 Å². The molecule has 72 valence electrons. The molecule has 0 spiro atoms. The number of nitrogens with zero attached hydrogens (tertiary/aromatic N) is 2. The Labute approximate surface area is 85.5 Å². The Morgan fingerprint density at radius 2 is 2.50 bits per heavy atom. The van der Waals surface area contributed by atoms with Gasteiger partial charge in [0.05, 0.1) is 0 Å². The third-order valence-electron chi connectivity index (χ3n) is 1.89. The van der Waals surface area contributed by atoms with E-state index in [9.17, 15) is 0 Å². The summed E-state index contributed by atoms with van der Waals surface area (Å²) in [6.07, 6.45) is 3.48. The first-order valence-electron chi connectivity index (χ1n) is 4.14. The van der Waals surface area contributed by atoms with E-state index in [2.05, 4.69) is 16.4 Å². The van der Waals surface area contributed by atoms with E-state index in [1.165, 1.54) is 5.56 Å². The van der Waals surface area contributed by atoms with Crippen LogP contribution in [0, 0.1) is 5.41 Å². The molecule has 2 rings (SSSR count). The summed E-state index contributed by atoms with van der Waals surface area (Å²) in [6, 6.07) is 2.05. The van der Waals surface area contributed by atoms with Gasteiger partial charge in [-0.15, -0.1) is 0 Å². The molecule has 0 aromatic carbocycles. The highest BCUT2D eigenvalue weighted by atomic mass is 32.1. The molecule has 0 bridgehead atoms. The maximum atomic E-state index is 7.32. The minimum Gasteiger partial charge on any atom is -0.381 e. The van der Waals surface area contributed by atoms with Gasteiger partial charge in [-0.1, -0.05) is 0 Å². The average molecular weight is 206 g/mol. The fourth-order valence-corrected chi connectivity index (χ4v) is 1.92. The lowest BCUT2D eigenvalue weighted by Crippen LogP contribution is -2.18. The Morgan fingerprint density at radius 3 is 3.14 bits per heavy atom. The molecule has 4 nitrogen and oxygen atoms in total. The van der Waals surface area contributed by atoms with Crippen molar-refractivity contribution in [3.8, 4) is 0 Å². The summed E-state index contributed by atoms with van der Waals surface area (Å²) in [5.41, 5.74) is 6.59. The molecular weight excluding hydrogens is 196 g/mol. The van der Waals surface area contributed by atoms with Crippen molar-refractivity contribution >= 4 is 17.2 Å². The van der Waals surface area contributed by atoms with Crippen molar-refractivity contribution in [2.45, 2.75) is 6.54 Å². The predicted octanol–water partition coefficient (Wildman–Crippen LogP) is 1.28. The van der Waals surface area contributed by atoms with Gasteiger partial charge in [-0.05, 0) is 22.4 Å². The van der Waals surface area contributed by atoms with E-state index in [-0.39, 0.29) is 5.84 Å². The summed E-state index contributed by atoms with van der Waals surface area (Å²) >= 11 is 1.66. The third-order valence-corrected chi connectivity index (χ3v) is 2.62. The zero-order valence-corrected chi connectivity index (χ0v) is 8.29. The predicted molar refractivity (Wildman–Crippen MR) is 56.7 cm³/mol. The Kier molecular flexibility index (Phi) is 2.32. The highest BCUT2D eigenvalue weighted by Gasteiger charge is 2.05. The van der Waals surface area contributed by atoms with E-state index in [0.717, 1.165) is 6.54 Å². The number of nitrogens with two attached hydrogens (primary N) is 1. The van der Waals surface area contributed by atoms with E-state index < -0.39 is 0 Å². The fraction of sp³-hybridized carbons (Fsp3) is 0.111. The number of imidazole rings is 1. The minimum absolute atomic E-state index is 0.00484. The summed E-state index contributed by atoms with van der Waals surface area (Å²) in [5, 5.41) is 11.4. The maximum absolute atomic E-state index is 7.32. The van der Waals surface area contributed by atoms with Crippen LogP contribution in [-0.4, -0.2) is 15.4 Å². The van der Waals surface area contributed by atoms with Crippen molar-refractivity contribution in [2.24, 2.45) is 5.73 Å². The summed E-state index contributed by atoms with van der Waals surface area (Å²) in [5.74, 6) is 0.529. The lowest BCUT2D eigenvalue weighted by molar-refractivity contribution is 0.787. The second kappa shape index (κ2) is 3.63. The molecule has 0 amide bonds. The molecule has 0 atom stereocenters. The number of rotatable bonds is 3. The molecule has 0 fully saturated rings. The lowest BCUT2D eigenvalue weighted by Gasteiger charge is -2.04. The molecule has 2 heterocycles. The van der Waals surface area contributed by atoms with Gasteiger partial charge in [0.2, 0.25) is 0 Å². The van der Waals surface area contributed by atoms with Gasteiger partial charge < -0.3 is 10.3 Å². The largest absolute Gasteiger partial charge is 0.381 e. The number of thiophene rings is 1. The second-order valence-corrected chi connectivity index (χ2v) is 3.70. The van der Waals surface area contributed by atoms with E-state index >= 15 is 0 Å². The SMILES string of the molecule is N=C(N)c1nccn1Cc1ccsc1. The number of hydrogen-bond donors (Lipinski definition) is 2.